The number of carbonyl (C=O) groups excluding carboxylic acids is 1. The normalized spacial score (nSPS) is 16.6. The van der Waals surface area contributed by atoms with E-state index in [1.165, 1.54) is 7.11 Å². The molecule has 0 atom stereocenters. The lowest BCUT2D eigenvalue weighted by Crippen LogP contribution is -2.31. The van der Waals surface area contributed by atoms with E-state index in [4.69, 9.17) is 4.74 Å². The number of hydrogen-bond acceptors (Lipinski definition) is 5. The molecule has 1 amide bonds. The fourth-order valence-electron chi connectivity index (χ4n) is 2.52. The summed E-state index contributed by atoms with van der Waals surface area (Å²) in [6, 6.07) is 2.13. The molecule has 2 aromatic rings. The first-order valence-electron chi connectivity index (χ1n) is 7.17. The van der Waals surface area contributed by atoms with Gasteiger partial charge in [0.1, 0.15) is 0 Å². The number of rotatable bonds is 3. The third-order valence-corrected chi connectivity index (χ3v) is 3.65. The summed E-state index contributed by atoms with van der Waals surface area (Å²) in [6.45, 7) is 5.37. The Labute approximate surface area is 128 Å². The van der Waals surface area contributed by atoms with Crippen molar-refractivity contribution in [3.05, 3.63) is 35.4 Å². The number of amides is 1. The molecule has 0 aliphatic carbocycles. The highest BCUT2D eigenvalue weighted by molar-refractivity contribution is 5.95. The summed E-state index contributed by atoms with van der Waals surface area (Å²) in [5.74, 6) is -0.0629. The molecule has 0 unspecified atom stereocenters. The molecule has 1 aliphatic heterocycles. The SMILES string of the molecule is COc1nccc(Cn2cc3c(n2)CC(C)(C)CNC3=O)n1. The first-order valence-corrected chi connectivity index (χ1v) is 7.17. The van der Waals surface area contributed by atoms with E-state index in [0.717, 1.165) is 17.8 Å². The molecule has 0 aromatic carbocycles. The van der Waals surface area contributed by atoms with Crippen LogP contribution in [-0.2, 0) is 13.0 Å². The number of aromatic nitrogens is 4. The number of nitrogens with zero attached hydrogens (tertiary/aromatic N) is 4. The average molecular weight is 301 g/mol. The molecule has 0 fully saturated rings. The van der Waals surface area contributed by atoms with E-state index >= 15 is 0 Å². The van der Waals surface area contributed by atoms with Crippen molar-refractivity contribution >= 4 is 5.91 Å². The molecule has 0 bridgehead atoms. The Morgan fingerprint density at radius 2 is 2.27 bits per heavy atom. The highest BCUT2D eigenvalue weighted by Crippen LogP contribution is 2.25. The molecule has 0 saturated carbocycles. The minimum absolute atomic E-state index is 0.00176. The Kier molecular flexibility index (Phi) is 3.56. The fraction of sp³-hybridized carbons (Fsp3) is 0.467. The molecule has 0 spiro atoms. The van der Waals surface area contributed by atoms with E-state index in [2.05, 4.69) is 34.2 Å². The molecular formula is C15H19N5O2. The zero-order valence-electron chi connectivity index (χ0n) is 13.0. The molecule has 3 heterocycles. The van der Waals surface area contributed by atoms with E-state index in [1.807, 2.05) is 0 Å². The van der Waals surface area contributed by atoms with Crippen LogP contribution in [0.25, 0.3) is 0 Å². The van der Waals surface area contributed by atoms with Crippen LogP contribution in [0.1, 0.15) is 35.6 Å². The van der Waals surface area contributed by atoms with Crippen molar-refractivity contribution in [2.45, 2.75) is 26.8 Å². The van der Waals surface area contributed by atoms with Crippen molar-refractivity contribution in [2.24, 2.45) is 5.41 Å². The second-order valence-corrected chi connectivity index (χ2v) is 6.25. The maximum Gasteiger partial charge on any atom is 0.316 e. The zero-order valence-corrected chi connectivity index (χ0v) is 13.0. The molecule has 7 heteroatoms. The van der Waals surface area contributed by atoms with Crippen LogP contribution in [0, 0.1) is 5.41 Å². The lowest BCUT2D eigenvalue weighted by atomic mass is 9.88. The van der Waals surface area contributed by atoms with Gasteiger partial charge in [0.05, 0.1) is 30.6 Å². The van der Waals surface area contributed by atoms with E-state index in [0.29, 0.717) is 24.7 Å². The summed E-state index contributed by atoms with van der Waals surface area (Å²) in [5, 5.41) is 7.51. The minimum atomic E-state index is -0.0629. The second-order valence-electron chi connectivity index (χ2n) is 6.25. The van der Waals surface area contributed by atoms with Crippen LogP contribution in [0.15, 0.2) is 18.5 Å². The first-order chi connectivity index (χ1) is 10.5. The Balaban J connectivity index is 1.88. The Morgan fingerprint density at radius 3 is 3.05 bits per heavy atom. The molecule has 116 valence electrons. The molecule has 1 N–H and O–H groups in total. The van der Waals surface area contributed by atoms with Gasteiger partial charge < -0.3 is 10.1 Å². The number of nitrogens with one attached hydrogen (secondary N) is 1. The Bertz CT molecular complexity index is 708. The van der Waals surface area contributed by atoms with Gasteiger partial charge in [-0.05, 0) is 17.9 Å². The van der Waals surface area contributed by atoms with Crippen LogP contribution in [-0.4, -0.2) is 39.3 Å². The fourth-order valence-corrected chi connectivity index (χ4v) is 2.52. The van der Waals surface area contributed by atoms with Gasteiger partial charge in [0, 0.05) is 18.9 Å². The summed E-state index contributed by atoms with van der Waals surface area (Å²) in [6.07, 6.45) is 4.19. The molecular weight excluding hydrogens is 282 g/mol. The molecule has 7 nitrogen and oxygen atoms in total. The Morgan fingerprint density at radius 1 is 1.45 bits per heavy atom. The maximum absolute atomic E-state index is 12.1. The van der Waals surface area contributed by atoms with Gasteiger partial charge in [-0.1, -0.05) is 13.8 Å². The largest absolute Gasteiger partial charge is 0.467 e. The van der Waals surface area contributed by atoms with E-state index in [1.54, 1.807) is 23.1 Å². The van der Waals surface area contributed by atoms with Crippen LogP contribution in [0.4, 0.5) is 0 Å². The number of ether oxygens (including phenoxy) is 1. The van der Waals surface area contributed by atoms with Crippen LogP contribution >= 0.6 is 0 Å². The summed E-state index contributed by atoms with van der Waals surface area (Å²) >= 11 is 0. The van der Waals surface area contributed by atoms with Gasteiger partial charge in [-0.2, -0.15) is 10.1 Å². The molecule has 2 aromatic heterocycles. The van der Waals surface area contributed by atoms with Crippen LogP contribution < -0.4 is 10.1 Å². The number of methoxy groups -OCH3 is 1. The molecule has 0 radical (unpaired) electrons. The lowest BCUT2D eigenvalue weighted by molar-refractivity contribution is 0.0944. The quantitative estimate of drug-likeness (QED) is 0.916. The van der Waals surface area contributed by atoms with Crippen LogP contribution in [0.2, 0.25) is 0 Å². The zero-order chi connectivity index (χ0) is 15.7. The predicted octanol–water partition coefficient (Wildman–Crippen LogP) is 1.04. The van der Waals surface area contributed by atoms with Gasteiger partial charge >= 0.3 is 6.01 Å². The average Bonchev–Trinajstić information content (AvgIpc) is 2.82. The van der Waals surface area contributed by atoms with Gasteiger partial charge in [-0.15, -0.1) is 0 Å². The third-order valence-electron chi connectivity index (χ3n) is 3.65. The molecule has 1 aliphatic rings. The van der Waals surface area contributed by atoms with Crippen molar-refractivity contribution in [3.8, 4) is 6.01 Å². The van der Waals surface area contributed by atoms with Crippen molar-refractivity contribution in [2.75, 3.05) is 13.7 Å². The van der Waals surface area contributed by atoms with E-state index in [-0.39, 0.29) is 11.3 Å². The summed E-state index contributed by atoms with van der Waals surface area (Å²) < 4.78 is 6.76. The van der Waals surface area contributed by atoms with Crippen LogP contribution in [0.5, 0.6) is 6.01 Å². The van der Waals surface area contributed by atoms with Gasteiger partial charge in [0.2, 0.25) is 0 Å². The first kappa shape index (κ1) is 14.5. The molecule has 22 heavy (non-hydrogen) atoms. The van der Waals surface area contributed by atoms with Gasteiger partial charge in [-0.3, -0.25) is 9.48 Å². The number of carbonyl (C=O) groups is 1. The monoisotopic (exact) mass is 301 g/mol. The number of hydrogen-bond donors (Lipinski definition) is 1. The van der Waals surface area contributed by atoms with Crippen molar-refractivity contribution in [1.29, 1.82) is 0 Å². The smallest absolute Gasteiger partial charge is 0.316 e. The standard InChI is InChI=1S/C15H19N5O2/c1-15(2)6-12-11(13(21)17-9-15)8-20(19-12)7-10-4-5-16-14(18-10)22-3/h4-5,8H,6-7,9H2,1-3H3,(H,17,21). The summed E-state index contributed by atoms with van der Waals surface area (Å²) in [4.78, 5) is 20.4. The van der Waals surface area contributed by atoms with Crippen molar-refractivity contribution < 1.29 is 9.53 Å². The highest BCUT2D eigenvalue weighted by Gasteiger charge is 2.29. The van der Waals surface area contributed by atoms with Gasteiger partial charge in [-0.25, -0.2) is 4.98 Å². The molecule has 0 saturated heterocycles. The predicted molar refractivity (Wildman–Crippen MR) is 79.7 cm³/mol. The van der Waals surface area contributed by atoms with E-state index in [9.17, 15) is 4.79 Å². The number of fused-ring (bicyclic) bond motifs is 1. The topological polar surface area (TPSA) is 81.9 Å². The molecule has 3 rings (SSSR count). The summed E-state index contributed by atoms with van der Waals surface area (Å²) in [7, 11) is 1.53. The van der Waals surface area contributed by atoms with E-state index < -0.39 is 0 Å². The van der Waals surface area contributed by atoms with Crippen LogP contribution in [0.3, 0.4) is 0 Å². The third kappa shape index (κ3) is 2.93. The lowest BCUT2D eigenvalue weighted by Gasteiger charge is -2.21. The van der Waals surface area contributed by atoms with Crippen molar-refractivity contribution in [3.63, 3.8) is 0 Å². The van der Waals surface area contributed by atoms with Crippen molar-refractivity contribution in [1.82, 2.24) is 25.1 Å². The van der Waals surface area contributed by atoms with Gasteiger partial charge in [0.15, 0.2) is 0 Å². The Hall–Kier alpha value is -2.44. The maximum atomic E-state index is 12.1. The summed E-state index contributed by atoms with van der Waals surface area (Å²) in [5.41, 5.74) is 2.26. The minimum Gasteiger partial charge on any atom is -0.467 e. The highest BCUT2D eigenvalue weighted by atomic mass is 16.5. The van der Waals surface area contributed by atoms with Gasteiger partial charge in [0.25, 0.3) is 5.91 Å². The second kappa shape index (κ2) is 5.40.